The van der Waals surface area contributed by atoms with E-state index >= 15 is 0 Å². The molecule has 6 nitrogen and oxygen atoms in total. The number of amides is 1. The Morgan fingerprint density at radius 1 is 0.403 bits per heavy atom. The molecule has 1 amide bonds. The monoisotopic (exact) mass is 944 g/mol. The molecule has 0 spiro atoms. The summed E-state index contributed by atoms with van der Waals surface area (Å²) in [6, 6.07) is -0.552. The van der Waals surface area contributed by atoms with E-state index in [1.165, 1.54) is 238 Å². The SMILES string of the molecule is CCCCCCC/C=C\CCCCCCCC(=O)OCCCCCCCCCCC/C=C\CCCCCCCC(=O)NC(CO)C(O)CCCCCCCCCCCCCCCCCCCC. The van der Waals surface area contributed by atoms with Crippen molar-refractivity contribution in [2.75, 3.05) is 13.2 Å². The Morgan fingerprint density at radius 3 is 1.06 bits per heavy atom. The predicted octanol–water partition coefficient (Wildman–Crippen LogP) is 18.6. The average molecular weight is 945 g/mol. The lowest BCUT2D eigenvalue weighted by Gasteiger charge is -2.22. The van der Waals surface area contributed by atoms with Crippen LogP contribution in [0.15, 0.2) is 24.3 Å². The second kappa shape index (κ2) is 56.9. The first-order valence-electron chi connectivity index (χ1n) is 30.1. The lowest BCUT2D eigenvalue weighted by atomic mass is 10.0. The van der Waals surface area contributed by atoms with Crippen LogP contribution in [0.5, 0.6) is 0 Å². The minimum absolute atomic E-state index is 0.00515. The van der Waals surface area contributed by atoms with Gasteiger partial charge >= 0.3 is 5.97 Å². The van der Waals surface area contributed by atoms with Gasteiger partial charge in [-0.05, 0) is 77.0 Å². The zero-order valence-electron chi connectivity index (χ0n) is 45.1. The number of nitrogens with one attached hydrogen (secondary N) is 1. The molecule has 0 heterocycles. The van der Waals surface area contributed by atoms with Crippen LogP contribution in [0.4, 0.5) is 0 Å². The topological polar surface area (TPSA) is 95.9 Å². The number of allylic oxidation sites excluding steroid dienone is 4. The fourth-order valence-electron chi connectivity index (χ4n) is 9.34. The molecular weight excluding hydrogens is 827 g/mol. The van der Waals surface area contributed by atoms with E-state index in [-0.39, 0.29) is 18.5 Å². The maximum atomic E-state index is 12.5. The molecule has 2 atom stereocenters. The number of hydrogen-bond donors (Lipinski definition) is 3. The van der Waals surface area contributed by atoms with Crippen LogP contribution in [-0.4, -0.2) is 47.4 Å². The van der Waals surface area contributed by atoms with E-state index in [1.54, 1.807) is 0 Å². The summed E-state index contributed by atoms with van der Waals surface area (Å²) < 4.78 is 5.47. The zero-order chi connectivity index (χ0) is 48.6. The fourth-order valence-corrected chi connectivity index (χ4v) is 9.34. The van der Waals surface area contributed by atoms with Crippen LogP contribution in [0.3, 0.4) is 0 Å². The quantitative estimate of drug-likeness (QED) is 0.0321. The normalized spacial score (nSPS) is 12.7. The highest BCUT2D eigenvalue weighted by Gasteiger charge is 2.20. The molecule has 6 heteroatoms. The number of aliphatic hydroxyl groups is 2. The third kappa shape index (κ3) is 53.5. The number of carbonyl (C=O) groups excluding carboxylic acids is 2. The van der Waals surface area contributed by atoms with Crippen LogP contribution in [0, 0.1) is 0 Å². The van der Waals surface area contributed by atoms with Gasteiger partial charge in [-0.15, -0.1) is 0 Å². The van der Waals surface area contributed by atoms with Gasteiger partial charge in [0.25, 0.3) is 0 Å². The summed E-state index contributed by atoms with van der Waals surface area (Å²) in [5.74, 6) is -0.0523. The first kappa shape index (κ1) is 65.3. The Kier molecular flexibility index (Phi) is 55.5. The highest BCUT2D eigenvalue weighted by molar-refractivity contribution is 5.76. The van der Waals surface area contributed by atoms with Crippen molar-refractivity contribution >= 4 is 11.9 Å². The zero-order valence-corrected chi connectivity index (χ0v) is 45.1. The second-order valence-corrected chi connectivity index (χ2v) is 20.7. The summed E-state index contributed by atoms with van der Waals surface area (Å²) in [6.45, 7) is 4.94. The van der Waals surface area contributed by atoms with E-state index in [2.05, 4.69) is 43.5 Å². The Morgan fingerprint density at radius 2 is 0.701 bits per heavy atom. The summed E-state index contributed by atoms with van der Waals surface area (Å²) in [4.78, 5) is 24.5. The minimum Gasteiger partial charge on any atom is -0.466 e. The van der Waals surface area contributed by atoms with Crippen molar-refractivity contribution in [2.45, 2.75) is 341 Å². The van der Waals surface area contributed by atoms with Gasteiger partial charge in [-0.25, -0.2) is 0 Å². The molecule has 0 aromatic heterocycles. The second-order valence-electron chi connectivity index (χ2n) is 20.7. The number of unbranched alkanes of at least 4 members (excludes halogenated alkanes) is 41. The maximum Gasteiger partial charge on any atom is 0.305 e. The fraction of sp³-hybridized carbons (Fsp3) is 0.902. The van der Waals surface area contributed by atoms with Crippen LogP contribution < -0.4 is 5.32 Å². The van der Waals surface area contributed by atoms with E-state index in [1.807, 2.05) is 0 Å². The molecule has 0 saturated carbocycles. The highest BCUT2D eigenvalue weighted by atomic mass is 16.5. The van der Waals surface area contributed by atoms with Crippen molar-refractivity contribution in [1.82, 2.24) is 5.32 Å². The molecule has 0 aliphatic carbocycles. The number of hydrogen-bond acceptors (Lipinski definition) is 5. The Labute approximate surface area is 418 Å². The van der Waals surface area contributed by atoms with Crippen LogP contribution in [0.1, 0.15) is 328 Å². The number of esters is 1. The van der Waals surface area contributed by atoms with Crippen molar-refractivity contribution in [3.05, 3.63) is 24.3 Å². The van der Waals surface area contributed by atoms with Gasteiger partial charge in [0.2, 0.25) is 5.91 Å². The first-order chi connectivity index (χ1) is 33.0. The van der Waals surface area contributed by atoms with Crippen molar-refractivity contribution in [2.24, 2.45) is 0 Å². The van der Waals surface area contributed by atoms with Gasteiger partial charge < -0.3 is 20.3 Å². The molecular formula is C61H117NO5. The smallest absolute Gasteiger partial charge is 0.305 e. The maximum absolute atomic E-state index is 12.5. The van der Waals surface area contributed by atoms with Crippen LogP contribution in [0.2, 0.25) is 0 Å². The average Bonchev–Trinajstić information content (AvgIpc) is 3.33. The van der Waals surface area contributed by atoms with Gasteiger partial charge in [-0.3, -0.25) is 9.59 Å². The molecule has 0 radical (unpaired) electrons. The lowest BCUT2D eigenvalue weighted by molar-refractivity contribution is -0.143. The minimum atomic E-state index is -0.673. The summed E-state index contributed by atoms with van der Waals surface area (Å²) in [6.07, 6.45) is 68.9. The number of ether oxygens (including phenoxy) is 1. The standard InChI is InChI=1S/C61H117NO5/c1-3-5-7-9-11-13-15-17-19-20-23-26-29-33-37-41-45-49-53-59(64)58(57-63)62-60(65)54-50-46-42-38-34-30-27-24-21-22-25-28-32-36-40-44-48-52-56-67-61(66)55-51-47-43-39-35-31-18-16-14-12-10-8-6-4-2/h16,18,24,27,58-59,63-64H,3-15,17,19-23,25-26,28-57H2,1-2H3,(H,62,65)/b18-16-,27-24-. The van der Waals surface area contributed by atoms with E-state index in [4.69, 9.17) is 4.74 Å². The molecule has 2 unspecified atom stereocenters. The number of aliphatic hydroxyl groups excluding tert-OH is 2. The summed E-state index contributed by atoms with van der Waals surface area (Å²) in [7, 11) is 0. The van der Waals surface area contributed by atoms with E-state index in [0.717, 1.165) is 57.8 Å². The molecule has 0 aromatic carbocycles. The summed E-state index contributed by atoms with van der Waals surface area (Å²) in [5, 5.41) is 23.3. The molecule has 0 aliphatic rings. The van der Waals surface area contributed by atoms with Crippen LogP contribution in [0.25, 0.3) is 0 Å². The molecule has 0 aliphatic heterocycles. The molecule has 3 N–H and O–H groups in total. The Bertz CT molecular complexity index is 1040. The van der Waals surface area contributed by atoms with E-state index in [9.17, 15) is 19.8 Å². The van der Waals surface area contributed by atoms with Crippen LogP contribution >= 0.6 is 0 Å². The van der Waals surface area contributed by atoms with E-state index < -0.39 is 12.1 Å². The van der Waals surface area contributed by atoms with E-state index in [0.29, 0.717) is 25.9 Å². The van der Waals surface area contributed by atoms with Gasteiger partial charge in [0, 0.05) is 12.8 Å². The summed E-state index contributed by atoms with van der Waals surface area (Å²) >= 11 is 0. The largest absolute Gasteiger partial charge is 0.466 e. The van der Waals surface area contributed by atoms with Crippen molar-refractivity contribution in [3.8, 4) is 0 Å². The number of rotatable bonds is 56. The molecule has 67 heavy (non-hydrogen) atoms. The summed E-state index contributed by atoms with van der Waals surface area (Å²) in [5.41, 5.74) is 0. The molecule has 0 fully saturated rings. The van der Waals surface area contributed by atoms with Gasteiger partial charge in [-0.2, -0.15) is 0 Å². The lowest BCUT2D eigenvalue weighted by Crippen LogP contribution is -2.45. The van der Waals surface area contributed by atoms with Crippen molar-refractivity contribution in [1.29, 1.82) is 0 Å². The van der Waals surface area contributed by atoms with Crippen LogP contribution in [-0.2, 0) is 14.3 Å². The Balaban J connectivity index is 3.45. The highest BCUT2D eigenvalue weighted by Crippen LogP contribution is 2.17. The van der Waals surface area contributed by atoms with Gasteiger partial charge in [0.05, 0.1) is 25.4 Å². The molecule has 396 valence electrons. The first-order valence-corrected chi connectivity index (χ1v) is 30.1. The van der Waals surface area contributed by atoms with Gasteiger partial charge in [-0.1, -0.05) is 263 Å². The predicted molar refractivity (Wildman–Crippen MR) is 292 cm³/mol. The molecule has 0 saturated heterocycles. The number of carbonyl (C=O) groups is 2. The van der Waals surface area contributed by atoms with Crippen molar-refractivity contribution in [3.63, 3.8) is 0 Å². The van der Waals surface area contributed by atoms with Crippen molar-refractivity contribution < 1.29 is 24.5 Å². The molecule has 0 bridgehead atoms. The van der Waals surface area contributed by atoms with Gasteiger partial charge in [0.15, 0.2) is 0 Å². The Hall–Kier alpha value is -1.66. The third-order valence-electron chi connectivity index (χ3n) is 14.0. The molecule has 0 aromatic rings. The molecule has 0 rings (SSSR count). The third-order valence-corrected chi connectivity index (χ3v) is 14.0. The van der Waals surface area contributed by atoms with Gasteiger partial charge in [0.1, 0.15) is 0 Å².